The van der Waals surface area contributed by atoms with E-state index in [1.807, 2.05) is 36.4 Å². The summed E-state index contributed by atoms with van der Waals surface area (Å²) in [6.07, 6.45) is 1.66. The smallest absolute Gasteiger partial charge is 0.335 e. The lowest BCUT2D eigenvalue weighted by Crippen LogP contribution is -2.27. The molecule has 0 unspecified atom stereocenters. The van der Waals surface area contributed by atoms with Gasteiger partial charge in [0, 0.05) is 5.39 Å². The number of halogens is 2. The first-order valence-corrected chi connectivity index (χ1v) is 13.3. The molecular weight excluding hydrogens is 536 g/mol. The van der Waals surface area contributed by atoms with Crippen molar-refractivity contribution in [3.8, 4) is 11.1 Å². The van der Waals surface area contributed by atoms with Gasteiger partial charge in [-0.1, -0.05) is 54.6 Å². The highest BCUT2D eigenvalue weighted by atomic mass is 19.2. The van der Waals surface area contributed by atoms with Crippen molar-refractivity contribution in [2.24, 2.45) is 0 Å². The normalized spacial score (nSPS) is 12.0. The van der Waals surface area contributed by atoms with Gasteiger partial charge in [-0.3, -0.25) is 9.48 Å². The molecular formula is C34H25F2N3O3. The fourth-order valence-electron chi connectivity index (χ4n) is 5.15. The van der Waals surface area contributed by atoms with E-state index in [2.05, 4.69) is 16.5 Å². The van der Waals surface area contributed by atoms with Crippen LogP contribution in [0.15, 0.2) is 103 Å². The molecule has 42 heavy (non-hydrogen) atoms. The minimum Gasteiger partial charge on any atom is -0.478 e. The Morgan fingerprint density at radius 1 is 0.833 bits per heavy atom. The maximum atomic E-state index is 14.1. The summed E-state index contributed by atoms with van der Waals surface area (Å²) in [5.74, 6) is -3.36. The van der Waals surface area contributed by atoms with E-state index in [0.29, 0.717) is 34.1 Å². The number of hydrogen-bond acceptors (Lipinski definition) is 3. The number of aromatic nitrogens is 2. The van der Waals surface area contributed by atoms with Crippen molar-refractivity contribution >= 4 is 33.6 Å². The summed E-state index contributed by atoms with van der Waals surface area (Å²) < 4.78 is 29.6. The number of carboxylic acids is 1. The molecule has 208 valence electrons. The second kappa shape index (κ2) is 10.9. The van der Waals surface area contributed by atoms with Crippen LogP contribution in [-0.4, -0.2) is 26.8 Å². The first-order valence-electron chi connectivity index (χ1n) is 13.3. The van der Waals surface area contributed by atoms with Crippen molar-refractivity contribution in [3.05, 3.63) is 137 Å². The van der Waals surface area contributed by atoms with Gasteiger partial charge in [-0.15, -0.1) is 0 Å². The zero-order chi connectivity index (χ0) is 29.4. The van der Waals surface area contributed by atoms with Crippen LogP contribution >= 0.6 is 0 Å². The van der Waals surface area contributed by atoms with Crippen molar-refractivity contribution in [1.82, 2.24) is 15.1 Å². The fraction of sp³-hybridized carbons (Fsp3) is 0.0882. The molecule has 8 heteroatoms. The van der Waals surface area contributed by atoms with Gasteiger partial charge in [0.05, 0.1) is 35.4 Å². The molecule has 0 radical (unpaired) electrons. The molecule has 6 aromatic rings. The van der Waals surface area contributed by atoms with Crippen LogP contribution in [0.1, 0.15) is 44.8 Å². The third-order valence-corrected chi connectivity index (χ3v) is 7.38. The number of nitrogens with zero attached hydrogens (tertiary/aromatic N) is 2. The summed E-state index contributed by atoms with van der Waals surface area (Å²) >= 11 is 0. The molecule has 6 rings (SSSR count). The van der Waals surface area contributed by atoms with Crippen LogP contribution < -0.4 is 5.32 Å². The zero-order valence-corrected chi connectivity index (χ0v) is 22.5. The standard InChI is InChI=1S/C34H25F2N3O3/c1-20(22-8-10-24(11-9-22)34(41)42)38-33(40)29-16-27(26-12-13-30(35)31(36)17-26)15-28-18-37-39(32(28)29)19-21-6-7-23-4-2-3-5-25(23)14-21/h2-18,20H,19H2,1H3,(H,38,40)(H,41,42)/t20-/m0/s1. The fourth-order valence-corrected chi connectivity index (χ4v) is 5.15. The van der Waals surface area contributed by atoms with E-state index < -0.39 is 23.6 Å². The Morgan fingerprint density at radius 3 is 2.33 bits per heavy atom. The summed E-state index contributed by atoms with van der Waals surface area (Å²) in [5.41, 5.74) is 3.75. The Bertz CT molecular complexity index is 1980. The average Bonchev–Trinajstić information content (AvgIpc) is 3.40. The monoisotopic (exact) mass is 561 g/mol. The Labute approximate surface area is 239 Å². The molecule has 1 atom stereocenters. The van der Waals surface area contributed by atoms with Crippen molar-refractivity contribution < 1.29 is 23.5 Å². The summed E-state index contributed by atoms with van der Waals surface area (Å²) in [7, 11) is 0. The van der Waals surface area contributed by atoms with E-state index in [1.165, 1.54) is 18.2 Å². The number of carboxylic acid groups (broad SMARTS) is 1. The summed E-state index contributed by atoms with van der Waals surface area (Å²) in [6.45, 7) is 2.21. The molecule has 1 heterocycles. The van der Waals surface area contributed by atoms with Crippen LogP contribution in [-0.2, 0) is 6.54 Å². The highest BCUT2D eigenvalue weighted by Crippen LogP contribution is 2.30. The van der Waals surface area contributed by atoms with Gasteiger partial charge in [0.1, 0.15) is 0 Å². The number of amides is 1. The maximum absolute atomic E-state index is 14.1. The van der Waals surface area contributed by atoms with E-state index in [4.69, 9.17) is 0 Å². The number of aromatic carboxylic acids is 1. The van der Waals surface area contributed by atoms with Crippen molar-refractivity contribution in [1.29, 1.82) is 0 Å². The summed E-state index contributed by atoms with van der Waals surface area (Å²) in [4.78, 5) is 25.1. The van der Waals surface area contributed by atoms with Gasteiger partial charge < -0.3 is 10.4 Å². The summed E-state index contributed by atoms with van der Waals surface area (Å²) in [6, 6.07) is 27.1. The zero-order valence-electron chi connectivity index (χ0n) is 22.5. The molecule has 0 aliphatic rings. The second-order valence-electron chi connectivity index (χ2n) is 10.2. The Morgan fingerprint density at radius 2 is 1.60 bits per heavy atom. The minimum absolute atomic E-state index is 0.149. The molecule has 2 N–H and O–H groups in total. The van der Waals surface area contributed by atoms with E-state index in [9.17, 15) is 23.5 Å². The van der Waals surface area contributed by atoms with Gasteiger partial charge in [-0.2, -0.15) is 5.10 Å². The van der Waals surface area contributed by atoms with Crippen molar-refractivity contribution in [2.45, 2.75) is 19.5 Å². The third-order valence-electron chi connectivity index (χ3n) is 7.38. The van der Waals surface area contributed by atoms with E-state index in [0.717, 1.165) is 34.0 Å². The molecule has 0 bridgehead atoms. The molecule has 0 spiro atoms. The lowest BCUT2D eigenvalue weighted by molar-refractivity contribution is 0.0696. The number of nitrogens with one attached hydrogen (secondary N) is 1. The van der Waals surface area contributed by atoms with Gasteiger partial charge in [0.15, 0.2) is 11.6 Å². The van der Waals surface area contributed by atoms with E-state index in [-0.39, 0.29) is 11.5 Å². The molecule has 0 aliphatic heterocycles. The molecule has 5 aromatic carbocycles. The molecule has 0 saturated carbocycles. The van der Waals surface area contributed by atoms with Crippen LogP contribution in [0.25, 0.3) is 32.8 Å². The number of carbonyl (C=O) groups is 2. The first kappa shape index (κ1) is 26.8. The van der Waals surface area contributed by atoms with Crippen LogP contribution in [0.4, 0.5) is 8.78 Å². The topological polar surface area (TPSA) is 84.2 Å². The Hall–Kier alpha value is -5.37. The Balaban J connectivity index is 1.41. The van der Waals surface area contributed by atoms with Gasteiger partial charge in [0.25, 0.3) is 5.91 Å². The van der Waals surface area contributed by atoms with E-state index >= 15 is 0 Å². The lowest BCUT2D eigenvalue weighted by Gasteiger charge is -2.17. The predicted molar refractivity (Wildman–Crippen MR) is 157 cm³/mol. The Kier molecular flexibility index (Phi) is 6.96. The molecule has 1 aromatic heterocycles. The van der Waals surface area contributed by atoms with Crippen LogP contribution in [0.2, 0.25) is 0 Å². The molecule has 1 amide bonds. The molecule has 6 nitrogen and oxygen atoms in total. The quantitative estimate of drug-likeness (QED) is 0.213. The van der Waals surface area contributed by atoms with Crippen molar-refractivity contribution in [3.63, 3.8) is 0 Å². The highest BCUT2D eigenvalue weighted by Gasteiger charge is 2.20. The first-order chi connectivity index (χ1) is 20.3. The van der Waals surface area contributed by atoms with E-state index in [1.54, 1.807) is 42.1 Å². The summed E-state index contributed by atoms with van der Waals surface area (Å²) in [5, 5.41) is 19.7. The van der Waals surface area contributed by atoms with Crippen molar-refractivity contribution in [2.75, 3.05) is 0 Å². The minimum atomic E-state index is -1.03. The molecule has 0 saturated heterocycles. The molecule has 0 aliphatic carbocycles. The van der Waals surface area contributed by atoms with Crippen LogP contribution in [0.3, 0.4) is 0 Å². The molecule has 0 fully saturated rings. The highest BCUT2D eigenvalue weighted by molar-refractivity contribution is 6.07. The number of carbonyl (C=O) groups excluding carboxylic acids is 1. The SMILES string of the molecule is C[C@H](NC(=O)c1cc(-c2ccc(F)c(F)c2)cc2cnn(Cc3ccc4ccccc4c3)c12)c1ccc(C(=O)O)cc1. The maximum Gasteiger partial charge on any atom is 0.335 e. The largest absolute Gasteiger partial charge is 0.478 e. The number of fused-ring (bicyclic) bond motifs is 2. The number of benzene rings is 5. The predicted octanol–water partition coefficient (Wildman–Crippen LogP) is 7.37. The third kappa shape index (κ3) is 5.22. The second-order valence-corrected chi connectivity index (χ2v) is 10.2. The number of rotatable bonds is 7. The average molecular weight is 562 g/mol. The van der Waals surface area contributed by atoms with Gasteiger partial charge in [-0.25, -0.2) is 13.6 Å². The van der Waals surface area contributed by atoms with Crippen LogP contribution in [0.5, 0.6) is 0 Å². The lowest BCUT2D eigenvalue weighted by atomic mass is 9.99. The van der Waals surface area contributed by atoms with Gasteiger partial charge >= 0.3 is 5.97 Å². The van der Waals surface area contributed by atoms with Gasteiger partial charge in [-0.05, 0) is 82.4 Å². The van der Waals surface area contributed by atoms with Gasteiger partial charge in [0.2, 0.25) is 0 Å². The van der Waals surface area contributed by atoms with Crippen LogP contribution in [0, 0.1) is 11.6 Å². The number of hydrogen-bond donors (Lipinski definition) is 2.